The van der Waals surface area contributed by atoms with Crippen LogP contribution in [0.4, 0.5) is 13.2 Å². The van der Waals surface area contributed by atoms with E-state index in [4.69, 9.17) is 5.26 Å². The molecule has 0 saturated carbocycles. The number of alkyl halides is 3. The number of rotatable bonds is 4. The first-order valence-corrected chi connectivity index (χ1v) is 6.30. The summed E-state index contributed by atoms with van der Waals surface area (Å²) < 4.78 is 35.7. The molecule has 3 nitrogen and oxygen atoms in total. The highest BCUT2D eigenvalue weighted by Gasteiger charge is 2.29. The predicted octanol–water partition coefficient (Wildman–Crippen LogP) is 2.99. The maximum absolute atomic E-state index is 11.9. The standard InChI is InChI=1S/C12H11F3N2OS/c1-8(10-4-2-9(6-16)3-5-10)17-11(18)7-19-12(13,14)15/h2-5,8H,7H2,1H3,(H,17,18)/t8-/m1/s1. The van der Waals surface area contributed by atoms with Crippen LogP contribution in [-0.4, -0.2) is 17.2 Å². The molecule has 1 atom stereocenters. The van der Waals surface area contributed by atoms with Crippen molar-refractivity contribution in [2.24, 2.45) is 0 Å². The lowest BCUT2D eigenvalue weighted by Gasteiger charge is -2.14. The van der Waals surface area contributed by atoms with Crippen molar-refractivity contribution in [1.82, 2.24) is 5.32 Å². The number of nitriles is 1. The molecule has 1 rings (SSSR count). The van der Waals surface area contributed by atoms with Crippen molar-refractivity contribution in [3.05, 3.63) is 35.4 Å². The van der Waals surface area contributed by atoms with Crippen molar-refractivity contribution >= 4 is 17.7 Å². The van der Waals surface area contributed by atoms with E-state index in [9.17, 15) is 18.0 Å². The Morgan fingerprint density at radius 2 is 2.00 bits per heavy atom. The number of carbonyl (C=O) groups is 1. The van der Waals surface area contributed by atoms with Crippen molar-refractivity contribution in [1.29, 1.82) is 5.26 Å². The van der Waals surface area contributed by atoms with Crippen LogP contribution in [0.2, 0.25) is 0 Å². The minimum Gasteiger partial charge on any atom is -0.349 e. The van der Waals surface area contributed by atoms with Crippen LogP contribution >= 0.6 is 11.8 Å². The zero-order valence-corrected chi connectivity index (χ0v) is 10.8. The van der Waals surface area contributed by atoms with Crippen molar-refractivity contribution in [3.8, 4) is 6.07 Å². The maximum atomic E-state index is 11.9. The van der Waals surface area contributed by atoms with Gasteiger partial charge in [0.1, 0.15) is 0 Å². The fourth-order valence-corrected chi connectivity index (χ4v) is 1.74. The van der Waals surface area contributed by atoms with Gasteiger partial charge in [0.15, 0.2) is 0 Å². The molecule has 0 fully saturated rings. The molecule has 0 radical (unpaired) electrons. The van der Waals surface area contributed by atoms with Gasteiger partial charge < -0.3 is 5.32 Å². The van der Waals surface area contributed by atoms with Gasteiger partial charge in [0, 0.05) is 0 Å². The Kier molecular flexibility index (Phi) is 5.24. The van der Waals surface area contributed by atoms with Crippen LogP contribution in [0.5, 0.6) is 0 Å². The zero-order valence-electron chi connectivity index (χ0n) is 9.99. The molecule has 0 unspecified atom stereocenters. The Hall–Kier alpha value is -1.68. The molecule has 1 amide bonds. The Morgan fingerprint density at radius 1 is 1.42 bits per heavy atom. The molecule has 1 N–H and O–H groups in total. The summed E-state index contributed by atoms with van der Waals surface area (Å²) in [5.74, 6) is -1.34. The fraction of sp³-hybridized carbons (Fsp3) is 0.333. The Bertz CT molecular complexity index is 479. The second-order valence-corrected chi connectivity index (χ2v) is 4.80. The number of nitrogens with one attached hydrogen (secondary N) is 1. The lowest BCUT2D eigenvalue weighted by Crippen LogP contribution is -2.29. The van der Waals surface area contributed by atoms with E-state index < -0.39 is 23.2 Å². The summed E-state index contributed by atoms with van der Waals surface area (Å²) >= 11 is -0.370. The average Bonchev–Trinajstić information content (AvgIpc) is 2.35. The fourth-order valence-electron chi connectivity index (χ4n) is 1.36. The van der Waals surface area contributed by atoms with E-state index in [2.05, 4.69) is 5.32 Å². The maximum Gasteiger partial charge on any atom is 0.442 e. The molecule has 1 aromatic rings. The average molecular weight is 288 g/mol. The molecular weight excluding hydrogens is 277 g/mol. The van der Waals surface area contributed by atoms with Crippen molar-refractivity contribution in [3.63, 3.8) is 0 Å². The smallest absolute Gasteiger partial charge is 0.349 e. The van der Waals surface area contributed by atoms with E-state index in [1.54, 1.807) is 31.2 Å². The van der Waals surface area contributed by atoms with Crippen molar-refractivity contribution < 1.29 is 18.0 Å². The third-order valence-electron chi connectivity index (χ3n) is 2.28. The van der Waals surface area contributed by atoms with Crippen LogP contribution in [0.15, 0.2) is 24.3 Å². The molecule has 0 saturated heterocycles. The Balaban J connectivity index is 2.52. The molecule has 0 aliphatic carbocycles. The van der Waals surface area contributed by atoms with Gasteiger partial charge in [-0.05, 0) is 36.4 Å². The first-order valence-electron chi connectivity index (χ1n) is 5.32. The van der Waals surface area contributed by atoms with E-state index in [-0.39, 0.29) is 11.8 Å². The Labute approximate surface area is 112 Å². The Morgan fingerprint density at radius 3 is 2.47 bits per heavy atom. The van der Waals surface area contributed by atoms with Crippen LogP contribution in [0, 0.1) is 11.3 Å². The summed E-state index contributed by atoms with van der Waals surface area (Å²) in [4.78, 5) is 11.3. The number of amides is 1. The summed E-state index contributed by atoms with van der Waals surface area (Å²) in [5.41, 5.74) is -3.20. The SMILES string of the molecule is C[C@@H](NC(=O)CSC(F)(F)F)c1ccc(C#N)cc1. The van der Waals surface area contributed by atoms with Crippen molar-refractivity contribution in [2.75, 3.05) is 5.75 Å². The van der Waals surface area contributed by atoms with Gasteiger partial charge in [-0.25, -0.2) is 0 Å². The van der Waals surface area contributed by atoms with Gasteiger partial charge in [-0.1, -0.05) is 12.1 Å². The van der Waals surface area contributed by atoms with Crippen molar-refractivity contribution in [2.45, 2.75) is 18.5 Å². The minimum atomic E-state index is -4.41. The largest absolute Gasteiger partial charge is 0.442 e. The topological polar surface area (TPSA) is 52.9 Å². The molecule has 19 heavy (non-hydrogen) atoms. The van der Waals surface area contributed by atoms with Crippen LogP contribution < -0.4 is 5.32 Å². The number of halogens is 3. The molecular formula is C12H11F3N2OS. The van der Waals surface area contributed by atoms with Crippen LogP contribution in [0.3, 0.4) is 0 Å². The van der Waals surface area contributed by atoms with Gasteiger partial charge in [0.05, 0.1) is 23.4 Å². The zero-order chi connectivity index (χ0) is 14.5. The number of carbonyl (C=O) groups excluding carboxylic acids is 1. The number of nitrogens with zero attached hydrogens (tertiary/aromatic N) is 1. The minimum absolute atomic E-state index is 0.370. The summed E-state index contributed by atoms with van der Waals surface area (Å²) in [6.07, 6.45) is 0. The molecule has 0 bridgehead atoms. The molecule has 0 spiro atoms. The van der Waals surface area contributed by atoms with Gasteiger partial charge in [-0.15, -0.1) is 0 Å². The number of benzene rings is 1. The lowest BCUT2D eigenvalue weighted by atomic mass is 10.1. The van der Waals surface area contributed by atoms with Crippen LogP contribution in [-0.2, 0) is 4.79 Å². The van der Waals surface area contributed by atoms with E-state index in [0.717, 1.165) is 5.56 Å². The number of hydrogen-bond donors (Lipinski definition) is 1. The normalized spacial score (nSPS) is 12.6. The second kappa shape index (κ2) is 6.48. The monoisotopic (exact) mass is 288 g/mol. The van der Waals surface area contributed by atoms with Gasteiger partial charge in [0.2, 0.25) is 5.91 Å². The van der Waals surface area contributed by atoms with E-state index in [1.807, 2.05) is 6.07 Å². The highest BCUT2D eigenvalue weighted by atomic mass is 32.2. The molecule has 0 aliphatic rings. The number of hydrogen-bond acceptors (Lipinski definition) is 3. The third-order valence-corrected chi connectivity index (χ3v) is 3.02. The number of thioether (sulfide) groups is 1. The van der Waals surface area contributed by atoms with E-state index >= 15 is 0 Å². The summed E-state index contributed by atoms with van der Waals surface area (Å²) in [5, 5.41) is 11.1. The quantitative estimate of drug-likeness (QED) is 0.926. The first-order chi connectivity index (χ1) is 8.81. The summed E-state index contributed by atoms with van der Waals surface area (Å²) in [7, 11) is 0. The third kappa shape index (κ3) is 5.66. The second-order valence-electron chi connectivity index (χ2n) is 3.76. The molecule has 0 heterocycles. The van der Waals surface area contributed by atoms with Crippen LogP contribution in [0.1, 0.15) is 24.1 Å². The summed E-state index contributed by atoms with van der Waals surface area (Å²) in [6, 6.07) is 8.02. The van der Waals surface area contributed by atoms with E-state index in [0.29, 0.717) is 5.56 Å². The van der Waals surface area contributed by atoms with Gasteiger partial charge in [-0.3, -0.25) is 4.79 Å². The van der Waals surface area contributed by atoms with Crippen LogP contribution in [0.25, 0.3) is 0 Å². The molecule has 102 valence electrons. The predicted molar refractivity (Wildman–Crippen MR) is 66.2 cm³/mol. The molecule has 7 heteroatoms. The van der Waals surface area contributed by atoms with E-state index in [1.165, 1.54) is 0 Å². The van der Waals surface area contributed by atoms with Gasteiger partial charge in [0.25, 0.3) is 0 Å². The summed E-state index contributed by atoms with van der Waals surface area (Å²) in [6.45, 7) is 1.66. The lowest BCUT2D eigenvalue weighted by molar-refractivity contribution is -0.119. The van der Waals surface area contributed by atoms with Gasteiger partial charge in [-0.2, -0.15) is 18.4 Å². The molecule has 1 aromatic carbocycles. The highest BCUT2D eigenvalue weighted by Crippen LogP contribution is 2.29. The highest BCUT2D eigenvalue weighted by molar-refractivity contribution is 8.00. The first kappa shape index (κ1) is 15.4. The molecule has 0 aromatic heterocycles. The van der Waals surface area contributed by atoms with Gasteiger partial charge >= 0.3 is 5.51 Å². The molecule has 0 aliphatic heterocycles.